The van der Waals surface area contributed by atoms with Crippen LogP contribution in [0.5, 0.6) is 0 Å². The largest absolute Gasteiger partial charge is 0.338 e. The minimum atomic E-state index is -1.02. The lowest BCUT2D eigenvalue weighted by Gasteiger charge is -2.36. The second-order valence-electron chi connectivity index (χ2n) is 6.95. The molecule has 140 valence electrons. The van der Waals surface area contributed by atoms with E-state index in [0.29, 0.717) is 5.95 Å². The Labute approximate surface area is 157 Å². The van der Waals surface area contributed by atoms with Crippen molar-refractivity contribution in [2.24, 2.45) is 0 Å². The van der Waals surface area contributed by atoms with Gasteiger partial charge in [0.2, 0.25) is 5.95 Å². The van der Waals surface area contributed by atoms with Crippen LogP contribution in [0.4, 0.5) is 10.7 Å². The van der Waals surface area contributed by atoms with E-state index in [9.17, 15) is 9.59 Å². The Bertz CT molecular complexity index is 823. The van der Waals surface area contributed by atoms with Gasteiger partial charge in [-0.25, -0.2) is 19.7 Å². The molecule has 3 amide bonds. The molecule has 1 atom stereocenters. The molecule has 0 bridgehead atoms. The van der Waals surface area contributed by atoms with E-state index >= 15 is 0 Å². The number of carbonyl (C=O) groups excluding carboxylic acids is 2. The summed E-state index contributed by atoms with van der Waals surface area (Å²) < 4.78 is 0. The molecule has 1 aromatic carbocycles. The summed E-state index contributed by atoms with van der Waals surface area (Å²) in [5, 5.41) is 2.85. The Morgan fingerprint density at radius 2 is 1.67 bits per heavy atom. The molecule has 3 heterocycles. The van der Waals surface area contributed by atoms with E-state index in [1.807, 2.05) is 30.3 Å². The van der Waals surface area contributed by atoms with Crippen molar-refractivity contribution < 1.29 is 9.59 Å². The van der Waals surface area contributed by atoms with Crippen LogP contribution in [0.25, 0.3) is 0 Å². The molecule has 0 aliphatic carbocycles. The molecule has 8 heteroatoms. The summed E-state index contributed by atoms with van der Waals surface area (Å²) in [6.45, 7) is 5.02. The van der Waals surface area contributed by atoms with Crippen LogP contribution < -0.4 is 10.2 Å². The van der Waals surface area contributed by atoms with Crippen LogP contribution in [-0.2, 0) is 10.3 Å². The fraction of sp³-hybridized carbons (Fsp3) is 0.368. The summed E-state index contributed by atoms with van der Waals surface area (Å²) >= 11 is 0. The minimum Gasteiger partial charge on any atom is -0.338 e. The molecule has 2 fully saturated rings. The predicted molar refractivity (Wildman–Crippen MR) is 99.9 cm³/mol. The molecule has 8 nitrogen and oxygen atoms in total. The average Bonchev–Trinajstić information content (AvgIpc) is 2.94. The molecule has 1 N–H and O–H groups in total. The predicted octanol–water partition coefficient (Wildman–Crippen LogP) is 1.02. The van der Waals surface area contributed by atoms with E-state index in [4.69, 9.17) is 0 Å². The van der Waals surface area contributed by atoms with Gasteiger partial charge >= 0.3 is 6.03 Å². The van der Waals surface area contributed by atoms with Crippen molar-refractivity contribution in [2.75, 3.05) is 37.7 Å². The Kier molecular flexibility index (Phi) is 4.49. The maximum Gasteiger partial charge on any atom is 0.326 e. The molecular weight excluding hydrogens is 344 g/mol. The summed E-state index contributed by atoms with van der Waals surface area (Å²) in [5.41, 5.74) is -0.227. The van der Waals surface area contributed by atoms with Crippen LogP contribution in [0, 0.1) is 0 Å². The maximum absolute atomic E-state index is 13.0. The van der Waals surface area contributed by atoms with Crippen LogP contribution in [0.3, 0.4) is 0 Å². The molecule has 4 rings (SSSR count). The summed E-state index contributed by atoms with van der Waals surface area (Å²) in [5.74, 6) is 0.497. The normalized spacial score (nSPS) is 23.6. The zero-order valence-electron chi connectivity index (χ0n) is 15.2. The van der Waals surface area contributed by atoms with Crippen molar-refractivity contribution >= 4 is 17.9 Å². The lowest BCUT2D eigenvalue weighted by atomic mass is 9.92. The smallest absolute Gasteiger partial charge is 0.326 e. The number of benzene rings is 1. The number of amides is 3. The lowest BCUT2D eigenvalue weighted by Crippen LogP contribution is -2.52. The molecule has 1 aromatic heterocycles. The van der Waals surface area contributed by atoms with Crippen LogP contribution in [-0.4, -0.2) is 64.6 Å². The first-order valence-electron chi connectivity index (χ1n) is 9.02. The average molecular weight is 366 g/mol. The van der Waals surface area contributed by atoms with Crippen molar-refractivity contribution in [1.29, 1.82) is 0 Å². The summed E-state index contributed by atoms with van der Waals surface area (Å²) in [6, 6.07) is 10.8. The van der Waals surface area contributed by atoms with E-state index in [1.165, 1.54) is 4.90 Å². The summed E-state index contributed by atoms with van der Waals surface area (Å²) in [6.07, 6.45) is 3.46. The van der Waals surface area contributed by atoms with Gasteiger partial charge in [-0.1, -0.05) is 30.3 Å². The fourth-order valence-corrected chi connectivity index (χ4v) is 3.54. The number of aromatic nitrogens is 2. The van der Waals surface area contributed by atoms with Gasteiger partial charge in [0.15, 0.2) is 0 Å². The number of piperazine rings is 1. The third-order valence-electron chi connectivity index (χ3n) is 5.17. The molecule has 2 aromatic rings. The third kappa shape index (κ3) is 3.23. The number of nitrogens with one attached hydrogen (secondary N) is 1. The van der Waals surface area contributed by atoms with Crippen LogP contribution >= 0.6 is 0 Å². The van der Waals surface area contributed by atoms with E-state index in [0.717, 1.165) is 31.7 Å². The van der Waals surface area contributed by atoms with Gasteiger partial charge in [0, 0.05) is 38.6 Å². The molecule has 0 saturated carbocycles. The Morgan fingerprint density at radius 1 is 1.00 bits per heavy atom. The van der Waals surface area contributed by atoms with Crippen LogP contribution in [0.2, 0.25) is 0 Å². The summed E-state index contributed by atoms with van der Waals surface area (Å²) in [4.78, 5) is 39.5. The molecule has 0 spiro atoms. The molecule has 0 radical (unpaired) electrons. The molecule has 0 unspecified atom stereocenters. The highest BCUT2D eigenvalue weighted by Crippen LogP contribution is 2.28. The number of urea groups is 1. The summed E-state index contributed by atoms with van der Waals surface area (Å²) in [7, 11) is 0. The van der Waals surface area contributed by atoms with Crippen molar-refractivity contribution in [2.45, 2.75) is 12.5 Å². The van der Waals surface area contributed by atoms with Crippen molar-refractivity contribution in [3.63, 3.8) is 0 Å². The minimum absolute atomic E-state index is 0.215. The van der Waals surface area contributed by atoms with E-state index < -0.39 is 5.54 Å². The second-order valence-corrected chi connectivity index (χ2v) is 6.95. The van der Waals surface area contributed by atoms with Gasteiger partial charge in [-0.2, -0.15) is 0 Å². The van der Waals surface area contributed by atoms with Gasteiger partial charge in [0.05, 0.1) is 6.67 Å². The lowest BCUT2D eigenvalue weighted by molar-refractivity contribution is -0.132. The monoisotopic (exact) mass is 366 g/mol. The topological polar surface area (TPSA) is 81.7 Å². The highest BCUT2D eigenvalue weighted by atomic mass is 16.2. The van der Waals surface area contributed by atoms with Gasteiger partial charge in [-0.15, -0.1) is 0 Å². The van der Waals surface area contributed by atoms with Crippen LogP contribution in [0.1, 0.15) is 12.5 Å². The van der Waals surface area contributed by atoms with Gasteiger partial charge in [-0.05, 0) is 18.6 Å². The van der Waals surface area contributed by atoms with Gasteiger partial charge in [0.1, 0.15) is 5.54 Å². The molecular formula is C19H22N6O2. The number of hydrogen-bond acceptors (Lipinski definition) is 6. The third-order valence-corrected chi connectivity index (χ3v) is 5.17. The number of carbonyl (C=O) groups is 2. The quantitative estimate of drug-likeness (QED) is 0.814. The van der Waals surface area contributed by atoms with E-state index in [-0.39, 0.29) is 18.6 Å². The Balaban J connectivity index is 1.40. The second kappa shape index (κ2) is 6.96. The van der Waals surface area contributed by atoms with Crippen molar-refractivity contribution in [1.82, 2.24) is 25.1 Å². The zero-order chi connectivity index (χ0) is 18.9. The maximum atomic E-state index is 13.0. The number of nitrogens with zero attached hydrogens (tertiary/aromatic N) is 5. The fourth-order valence-electron chi connectivity index (χ4n) is 3.54. The first-order valence-corrected chi connectivity index (χ1v) is 9.02. The number of rotatable bonds is 4. The first kappa shape index (κ1) is 17.4. The number of anilines is 1. The highest BCUT2D eigenvalue weighted by molar-refractivity contribution is 6.07. The zero-order valence-corrected chi connectivity index (χ0v) is 15.2. The van der Waals surface area contributed by atoms with Gasteiger partial charge in [-0.3, -0.25) is 9.69 Å². The van der Waals surface area contributed by atoms with Gasteiger partial charge < -0.3 is 10.2 Å². The molecule has 2 saturated heterocycles. The number of hydrogen-bond donors (Lipinski definition) is 1. The first-order chi connectivity index (χ1) is 13.1. The van der Waals surface area contributed by atoms with Gasteiger partial charge in [0.25, 0.3) is 5.91 Å². The van der Waals surface area contributed by atoms with Crippen molar-refractivity contribution in [3.05, 3.63) is 54.4 Å². The molecule has 27 heavy (non-hydrogen) atoms. The molecule has 2 aliphatic heterocycles. The van der Waals surface area contributed by atoms with Crippen LogP contribution in [0.15, 0.2) is 48.8 Å². The van der Waals surface area contributed by atoms with E-state index in [2.05, 4.69) is 25.1 Å². The molecule has 2 aliphatic rings. The highest BCUT2D eigenvalue weighted by Gasteiger charge is 2.49. The number of imide groups is 1. The van der Waals surface area contributed by atoms with E-state index in [1.54, 1.807) is 25.4 Å². The van der Waals surface area contributed by atoms with Crippen molar-refractivity contribution in [3.8, 4) is 0 Å². The standard InChI is InChI=1S/C19H22N6O2/c1-19(15-6-3-2-4-7-15)16(26)25(18(27)22-19)14-23-10-12-24(13-11-23)17-20-8-5-9-21-17/h2-9H,10-14H2,1H3,(H,22,27)/t19-/m1/s1. The Morgan fingerprint density at radius 3 is 2.33 bits per heavy atom. The Hall–Kier alpha value is -3.00. The SMILES string of the molecule is C[C@]1(c2ccccc2)NC(=O)N(CN2CCN(c3ncccn3)CC2)C1=O.